The Bertz CT molecular complexity index is 580. The zero-order valence-electron chi connectivity index (χ0n) is 11.9. The van der Waals surface area contributed by atoms with Gasteiger partial charge in [0.1, 0.15) is 5.56 Å². The molecule has 1 aromatic rings. The predicted octanol–water partition coefficient (Wildman–Crippen LogP) is 0.936. The van der Waals surface area contributed by atoms with Crippen LogP contribution in [0.3, 0.4) is 0 Å². The van der Waals surface area contributed by atoms with Crippen LogP contribution in [0.4, 0.5) is 14.5 Å². The van der Waals surface area contributed by atoms with Crippen LogP contribution >= 0.6 is 0 Å². The molecule has 0 saturated heterocycles. The van der Waals surface area contributed by atoms with Gasteiger partial charge in [-0.05, 0) is 0 Å². The first kappa shape index (κ1) is 17.6. The number of hydrogen-bond donors (Lipinski definition) is 2. The van der Waals surface area contributed by atoms with Gasteiger partial charge in [-0.3, -0.25) is 14.9 Å². The Balaban J connectivity index is 3.16. The summed E-state index contributed by atoms with van der Waals surface area (Å²) >= 11 is 0. The number of nitrogens with one attached hydrogen (secondary N) is 1. The summed E-state index contributed by atoms with van der Waals surface area (Å²) in [5.74, 6) is -4.25. The van der Waals surface area contributed by atoms with Gasteiger partial charge in [-0.2, -0.15) is 0 Å². The predicted molar refractivity (Wildman–Crippen MR) is 72.5 cm³/mol. The summed E-state index contributed by atoms with van der Waals surface area (Å²) in [4.78, 5) is 22.1. The van der Waals surface area contributed by atoms with Gasteiger partial charge in [0.15, 0.2) is 11.5 Å². The standard InChI is InChI=1S/C12H15F2N3O5/c1-21-9-3-7(8(17(19)20)4-10(9)22-2)11(18)16-6-12(13,14)5-15/h3-4H,5-6,15H2,1-2H3,(H,16,18). The number of carbonyl (C=O) groups is 1. The smallest absolute Gasteiger partial charge is 0.286 e. The minimum absolute atomic E-state index is 0.0399. The molecule has 10 heteroatoms. The van der Waals surface area contributed by atoms with Crippen molar-refractivity contribution >= 4 is 11.6 Å². The second kappa shape index (κ2) is 6.98. The summed E-state index contributed by atoms with van der Waals surface area (Å²) in [6, 6.07) is 2.03. The fourth-order valence-electron chi connectivity index (χ4n) is 1.58. The summed E-state index contributed by atoms with van der Waals surface area (Å²) < 4.78 is 35.9. The number of nitrogens with zero attached hydrogens (tertiary/aromatic N) is 1. The zero-order chi connectivity index (χ0) is 16.9. The van der Waals surface area contributed by atoms with Gasteiger partial charge in [-0.15, -0.1) is 0 Å². The number of methoxy groups -OCH3 is 2. The van der Waals surface area contributed by atoms with Crippen LogP contribution in [0.15, 0.2) is 12.1 Å². The van der Waals surface area contributed by atoms with Crippen molar-refractivity contribution in [3.8, 4) is 11.5 Å². The van der Waals surface area contributed by atoms with E-state index < -0.39 is 41.1 Å². The number of nitro groups is 1. The second-order valence-electron chi connectivity index (χ2n) is 4.22. The van der Waals surface area contributed by atoms with E-state index in [1.807, 2.05) is 5.32 Å². The van der Waals surface area contributed by atoms with Crippen molar-refractivity contribution in [3.05, 3.63) is 27.8 Å². The van der Waals surface area contributed by atoms with E-state index in [1.165, 1.54) is 14.2 Å². The van der Waals surface area contributed by atoms with Gasteiger partial charge >= 0.3 is 0 Å². The number of nitrogens with two attached hydrogens (primary N) is 1. The summed E-state index contributed by atoms with van der Waals surface area (Å²) in [5, 5.41) is 12.9. The van der Waals surface area contributed by atoms with Crippen molar-refractivity contribution in [2.45, 2.75) is 5.92 Å². The van der Waals surface area contributed by atoms with Crippen LogP contribution in [0, 0.1) is 10.1 Å². The van der Waals surface area contributed by atoms with E-state index in [0.717, 1.165) is 12.1 Å². The van der Waals surface area contributed by atoms with Crippen molar-refractivity contribution in [2.24, 2.45) is 5.73 Å². The van der Waals surface area contributed by atoms with Gasteiger partial charge in [0.25, 0.3) is 17.5 Å². The van der Waals surface area contributed by atoms with Crippen molar-refractivity contribution < 1.29 is 28.0 Å². The van der Waals surface area contributed by atoms with E-state index in [2.05, 4.69) is 0 Å². The lowest BCUT2D eigenvalue weighted by Crippen LogP contribution is -2.41. The third-order valence-electron chi connectivity index (χ3n) is 2.75. The molecule has 1 aromatic carbocycles. The molecule has 0 radical (unpaired) electrons. The molecule has 1 rings (SSSR count). The van der Waals surface area contributed by atoms with Gasteiger partial charge < -0.3 is 20.5 Å². The van der Waals surface area contributed by atoms with E-state index >= 15 is 0 Å². The van der Waals surface area contributed by atoms with Gasteiger partial charge in [-0.1, -0.05) is 0 Å². The largest absolute Gasteiger partial charge is 0.493 e. The number of nitro benzene ring substituents is 1. The lowest BCUT2D eigenvalue weighted by atomic mass is 10.1. The second-order valence-corrected chi connectivity index (χ2v) is 4.22. The third kappa shape index (κ3) is 4.01. The first-order chi connectivity index (χ1) is 10.3. The van der Waals surface area contributed by atoms with E-state index in [4.69, 9.17) is 15.2 Å². The molecular formula is C12H15F2N3O5. The molecule has 0 atom stereocenters. The topological polar surface area (TPSA) is 117 Å². The Kier molecular flexibility index (Phi) is 5.57. The van der Waals surface area contributed by atoms with Crippen LogP contribution in [-0.2, 0) is 0 Å². The van der Waals surface area contributed by atoms with E-state index in [-0.39, 0.29) is 11.5 Å². The molecule has 8 nitrogen and oxygen atoms in total. The Morgan fingerprint density at radius 3 is 2.36 bits per heavy atom. The number of ether oxygens (including phenoxy) is 2. The number of amides is 1. The number of rotatable bonds is 7. The molecule has 0 aromatic heterocycles. The maximum absolute atomic E-state index is 13.0. The first-order valence-corrected chi connectivity index (χ1v) is 6.02. The van der Waals surface area contributed by atoms with E-state index in [1.54, 1.807) is 0 Å². The third-order valence-corrected chi connectivity index (χ3v) is 2.75. The zero-order valence-corrected chi connectivity index (χ0v) is 11.9. The lowest BCUT2D eigenvalue weighted by Gasteiger charge is -2.15. The highest BCUT2D eigenvalue weighted by Crippen LogP contribution is 2.34. The Morgan fingerprint density at radius 1 is 1.36 bits per heavy atom. The molecule has 0 bridgehead atoms. The fraction of sp³-hybridized carbons (Fsp3) is 0.417. The Labute approximate surface area is 124 Å². The molecule has 0 saturated carbocycles. The van der Waals surface area contributed by atoms with Crippen LogP contribution in [0.5, 0.6) is 11.5 Å². The minimum Gasteiger partial charge on any atom is -0.493 e. The molecule has 0 aliphatic carbocycles. The fourth-order valence-corrected chi connectivity index (χ4v) is 1.58. The maximum atomic E-state index is 13.0. The Morgan fingerprint density at radius 2 is 1.91 bits per heavy atom. The van der Waals surface area contributed by atoms with Crippen molar-refractivity contribution in [3.63, 3.8) is 0 Å². The molecule has 0 aliphatic heterocycles. The van der Waals surface area contributed by atoms with Crippen LogP contribution in [0.1, 0.15) is 10.4 Å². The van der Waals surface area contributed by atoms with Crippen LogP contribution < -0.4 is 20.5 Å². The average molecular weight is 319 g/mol. The van der Waals surface area contributed by atoms with Gasteiger partial charge in [0.2, 0.25) is 0 Å². The highest BCUT2D eigenvalue weighted by Gasteiger charge is 2.30. The molecule has 122 valence electrons. The molecule has 3 N–H and O–H groups in total. The Hall–Kier alpha value is -2.49. The molecule has 0 aliphatic rings. The highest BCUT2D eigenvalue weighted by molar-refractivity contribution is 5.99. The first-order valence-electron chi connectivity index (χ1n) is 6.02. The van der Waals surface area contributed by atoms with E-state index in [0.29, 0.717) is 0 Å². The quantitative estimate of drug-likeness (QED) is 0.570. The number of carbonyl (C=O) groups excluding carboxylic acids is 1. The summed E-state index contributed by atoms with van der Waals surface area (Å²) in [7, 11) is 2.54. The molecule has 0 fully saturated rings. The van der Waals surface area contributed by atoms with Gasteiger partial charge in [-0.25, -0.2) is 8.78 Å². The van der Waals surface area contributed by atoms with Gasteiger partial charge in [0.05, 0.1) is 38.3 Å². The SMILES string of the molecule is COc1cc(C(=O)NCC(F)(F)CN)c([N+](=O)[O-])cc1OC. The van der Waals surface area contributed by atoms with Crippen molar-refractivity contribution in [2.75, 3.05) is 27.3 Å². The number of halogens is 2. The lowest BCUT2D eigenvalue weighted by molar-refractivity contribution is -0.385. The van der Waals surface area contributed by atoms with Crippen LogP contribution in [0.25, 0.3) is 0 Å². The maximum Gasteiger partial charge on any atom is 0.286 e. The average Bonchev–Trinajstić information content (AvgIpc) is 2.51. The number of alkyl halides is 2. The summed E-state index contributed by atoms with van der Waals surface area (Å²) in [6.07, 6.45) is 0. The van der Waals surface area contributed by atoms with Gasteiger partial charge in [0, 0.05) is 6.07 Å². The molecule has 22 heavy (non-hydrogen) atoms. The van der Waals surface area contributed by atoms with E-state index in [9.17, 15) is 23.7 Å². The normalized spacial score (nSPS) is 11.0. The molecule has 0 spiro atoms. The molecule has 0 heterocycles. The number of hydrogen-bond acceptors (Lipinski definition) is 6. The van der Waals surface area contributed by atoms with Crippen LogP contribution in [-0.4, -0.2) is 44.1 Å². The van der Waals surface area contributed by atoms with Crippen molar-refractivity contribution in [1.82, 2.24) is 5.32 Å². The van der Waals surface area contributed by atoms with Crippen LogP contribution in [0.2, 0.25) is 0 Å². The monoisotopic (exact) mass is 319 g/mol. The molecular weight excluding hydrogens is 304 g/mol. The summed E-state index contributed by atoms with van der Waals surface area (Å²) in [6.45, 7) is -1.99. The number of benzene rings is 1. The van der Waals surface area contributed by atoms with Crippen molar-refractivity contribution in [1.29, 1.82) is 0 Å². The summed E-state index contributed by atoms with van der Waals surface area (Å²) in [5.41, 5.74) is 3.83. The molecule has 1 amide bonds. The minimum atomic E-state index is -3.30. The molecule has 0 unspecified atom stereocenters. The highest BCUT2D eigenvalue weighted by atomic mass is 19.3.